The zero-order valence-corrected chi connectivity index (χ0v) is 15.4. The van der Waals surface area contributed by atoms with E-state index in [0.29, 0.717) is 13.0 Å². The quantitative estimate of drug-likeness (QED) is 0.323. The fourth-order valence-electron chi connectivity index (χ4n) is 4.99. The second-order valence-corrected chi connectivity index (χ2v) is 7.94. The zero-order valence-electron chi connectivity index (χ0n) is 15.4. The summed E-state index contributed by atoms with van der Waals surface area (Å²) in [5.41, 5.74) is 0.918. The molecule has 2 N–H and O–H groups in total. The molecule has 0 aromatic rings. The number of hydrogen-bond donors (Lipinski definition) is 2. The number of carbonyl (C=O) groups excluding carboxylic acids is 2. The second-order valence-electron chi connectivity index (χ2n) is 7.94. The molecule has 7 unspecified atom stereocenters. The molecular weight excluding hydrogens is 352 g/mol. The van der Waals surface area contributed by atoms with E-state index in [9.17, 15) is 14.7 Å². The van der Waals surface area contributed by atoms with Gasteiger partial charge >= 0.3 is 11.9 Å². The highest BCUT2D eigenvalue weighted by Crippen LogP contribution is 2.58. The number of epoxide rings is 1. The van der Waals surface area contributed by atoms with Crippen molar-refractivity contribution in [2.45, 2.75) is 44.2 Å². The van der Waals surface area contributed by atoms with Crippen LogP contribution in [0.15, 0.2) is 35.5 Å². The first-order valence-electron chi connectivity index (χ1n) is 9.18. The van der Waals surface area contributed by atoms with Crippen LogP contribution in [0, 0.1) is 17.8 Å². The highest BCUT2D eigenvalue weighted by molar-refractivity contribution is 5.92. The van der Waals surface area contributed by atoms with Crippen molar-refractivity contribution >= 4 is 11.9 Å². The summed E-state index contributed by atoms with van der Waals surface area (Å²) in [6, 6.07) is 0. The van der Waals surface area contributed by atoms with E-state index in [0.717, 1.165) is 5.57 Å². The molecule has 2 saturated heterocycles. The average Bonchev–Trinajstić information content (AvgIpc) is 3.24. The molecule has 0 amide bonds. The molecule has 1 spiro atoms. The minimum Gasteiger partial charge on any atom is -0.458 e. The van der Waals surface area contributed by atoms with Gasteiger partial charge in [-0.2, -0.15) is 0 Å². The predicted octanol–water partition coefficient (Wildman–Crippen LogP) is 0.660. The van der Waals surface area contributed by atoms with Gasteiger partial charge in [0.05, 0.1) is 25.2 Å². The Kier molecular flexibility index (Phi) is 4.29. The number of carbonyl (C=O) groups is 2. The van der Waals surface area contributed by atoms with Crippen LogP contribution in [-0.2, 0) is 23.8 Å². The molecule has 0 radical (unpaired) electrons. The van der Waals surface area contributed by atoms with Gasteiger partial charge in [-0.05, 0) is 19.9 Å². The van der Waals surface area contributed by atoms with Crippen molar-refractivity contribution in [1.29, 1.82) is 0 Å². The van der Waals surface area contributed by atoms with Gasteiger partial charge in [0.1, 0.15) is 17.8 Å². The van der Waals surface area contributed by atoms with Crippen LogP contribution in [0.4, 0.5) is 0 Å². The molecule has 1 saturated carbocycles. The Morgan fingerprint density at radius 3 is 2.81 bits per heavy atom. The molecule has 4 aliphatic rings. The molecule has 27 heavy (non-hydrogen) atoms. The molecule has 0 aromatic heterocycles. The van der Waals surface area contributed by atoms with Gasteiger partial charge in [0.15, 0.2) is 0 Å². The van der Waals surface area contributed by atoms with E-state index in [1.54, 1.807) is 13.0 Å². The van der Waals surface area contributed by atoms with E-state index >= 15 is 0 Å². The maximum atomic E-state index is 12.4. The highest BCUT2D eigenvalue weighted by Gasteiger charge is 2.67. The molecule has 2 aliphatic heterocycles. The Balaban J connectivity index is 1.71. The third-order valence-electron chi connectivity index (χ3n) is 6.38. The van der Waals surface area contributed by atoms with Gasteiger partial charge in [-0.3, -0.25) is 0 Å². The van der Waals surface area contributed by atoms with Crippen LogP contribution in [0.5, 0.6) is 0 Å². The van der Waals surface area contributed by atoms with Gasteiger partial charge < -0.3 is 24.4 Å². The third-order valence-corrected chi connectivity index (χ3v) is 6.38. The second kappa shape index (κ2) is 6.29. The van der Waals surface area contributed by atoms with E-state index in [1.165, 1.54) is 6.08 Å². The topological polar surface area (TPSA) is 106 Å². The maximum Gasteiger partial charge on any atom is 0.334 e. The minimum absolute atomic E-state index is 0.200. The van der Waals surface area contributed by atoms with Crippen molar-refractivity contribution in [3.05, 3.63) is 35.5 Å². The Labute approximate surface area is 157 Å². The summed E-state index contributed by atoms with van der Waals surface area (Å²) in [5.74, 6) is -1.99. The number of aliphatic hydroxyl groups is 2. The van der Waals surface area contributed by atoms with Gasteiger partial charge in [-0.15, -0.1) is 0 Å². The first-order chi connectivity index (χ1) is 12.8. The molecule has 0 bridgehead atoms. The largest absolute Gasteiger partial charge is 0.458 e. The normalized spacial score (nSPS) is 43.0. The number of esters is 2. The van der Waals surface area contributed by atoms with Crippen molar-refractivity contribution < 1.29 is 34.0 Å². The van der Waals surface area contributed by atoms with Crippen molar-refractivity contribution in [3.63, 3.8) is 0 Å². The van der Waals surface area contributed by atoms with Crippen molar-refractivity contribution in [2.75, 3.05) is 13.2 Å². The minimum atomic E-state index is -0.698. The van der Waals surface area contributed by atoms with E-state index in [4.69, 9.17) is 19.3 Å². The highest BCUT2D eigenvalue weighted by atomic mass is 16.6. The molecule has 3 fully saturated rings. The van der Waals surface area contributed by atoms with Crippen LogP contribution < -0.4 is 0 Å². The monoisotopic (exact) mass is 376 g/mol. The smallest absolute Gasteiger partial charge is 0.334 e. The molecule has 7 heteroatoms. The Bertz CT molecular complexity index is 760. The summed E-state index contributed by atoms with van der Waals surface area (Å²) < 4.78 is 17.2. The van der Waals surface area contributed by atoms with Gasteiger partial charge in [-0.25, -0.2) is 9.59 Å². The molecule has 2 aliphatic carbocycles. The van der Waals surface area contributed by atoms with Crippen LogP contribution in [0.3, 0.4) is 0 Å². The fraction of sp³-hybridized carbons (Fsp3) is 0.600. The zero-order chi connectivity index (χ0) is 19.5. The lowest BCUT2D eigenvalue weighted by atomic mass is 9.77. The van der Waals surface area contributed by atoms with Gasteiger partial charge in [-0.1, -0.05) is 18.2 Å². The lowest BCUT2D eigenvalue weighted by molar-refractivity contribution is -0.148. The number of ether oxygens (including phenoxy) is 3. The van der Waals surface area contributed by atoms with Gasteiger partial charge in [0.2, 0.25) is 0 Å². The molecule has 2 heterocycles. The van der Waals surface area contributed by atoms with Crippen LogP contribution in [0.25, 0.3) is 0 Å². The lowest BCUT2D eigenvalue weighted by Gasteiger charge is -2.30. The van der Waals surface area contributed by atoms with E-state index in [2.05, 4.69) is 6.58 Å². The van der Waals surface area contributed by atoms with Gasteiger partial charge in [0, 0.05) is 29.4 Å². The van der Waals surface area contributed by atoms with Crippen LogP contribution in [0.1, 0.15) is 20.3 Å². The summed E-state index contributed by atoms with van der Waals surface area (Å²) >= 11 is 0. The van der Waals surface area contributed by atoms with Crippen molar-refractivity contribution in [2.24, 2.45) is 17.8 Å². The molecular formula is C20H24O7. The number of aliphatic hydroxyl groups excluding tert-OH is 2. The SMILES string of the molecule is C=C1C(=O)OC2C1C(OC(=O)C(C)=CCO)CC1(CO1)C1C(O)C=C(C)C21. The van der Waals surface area contributed by atoms with Gasteiger partial charge in [0.25, 0.3) is 0 Å². The summed E-state index contributed by atoms with van der Waals surface area (Å²) in [7, 11) is 0. The van der Waals surface area contributed by atoms with E-state index < -0.39 is 41.8 Å². The lowest BCUT2D eigenvalue weighted by Crippen LogP contribution is -2.39. The van der Waals surface area contributed by atoms with Crippen LogP contribution in [0.2, 0.25) is 0 Å². The first-order valence-corrected chi connectivity index (χ1v) is 9.18. The summed E-state index contributed by atoms with van der Waals surface area (Å²) in [5, 5.41) is 19.6. The standard InChI is InChI=1S/C20H24O7/c1-9(4-5-21)18(23)26-13-7-20(8-25-20)16-12(22)6-10(2)14(16)17-15(13)11(3)19(24)27-17/h4,6,12-17,21-22H,3,5,7-8H2,1-2H3. The predicted molar refractivity (Wildman–Crippen MR) is 93.3 cm³/mol. The summed E-state index contributed by atoms with van der Waals surface area (Å²) in [4.78, 5) is 24.7. The Morgan fingerprint density at radius 1 is 1.48 bits per heavy atom. The number of rotatable bonds is 3. The fourth-order valence-corrected chi connectivity index (χ4v) is 4.99. The van der Waals surface area contributed by atoms with Crippen LogP contribution in [-0.4, -0.2) is 59.3 Å². The Hall–Kier alpha value is -1.96. The molecule has 146 valence electrons. The molecule has 7 nitrogen and oxygen atoms in total. The third kappa shape index (κ3) is 2.76. The number of fused-ring (bicyclic) bond motifs is 4. The molecule has 4 rings (SSSR count). The molecule has 7 atom stereocenters. The first kappa shape index (κ1) is 18.4. The maximum absolute atomic E-state index is 12.4. The summed E-state index contributed by atoms with van der Waals surface area (Å²) in [6.07, 6.45) is 1.63. The van der Waals surface area contributed by atoms with E-state index in [-0.39, 0.29) is 29.6 Å². The van der Waals surface area contributed by atoms with E-state index in [1.807, 2.05) is 6.92 Å². The number of hydrogen-bond acceptors (Lipinski definition) is 7. The molecule has 0 aromatic carbocycles. The van der Waals surface area contributed by atoms with Crippen molar-refractivity contribution in [1.82, 2.24) is 0 Å². The Morgan fingerprint density at radius 2 is 2.19 bits per heavy atom. The average molecular weight is 376 g/mol. The summed E-state index contributed by atoms with van der Waals surface area (Å²) in [6.45, 7) is 7.56. The van der Waals surface area contributed by atoms with Crippen molar-refractivity contribution in [3.8, 4) is 0 Å². The van der Waals surface area contributed by atoms with Crippen LogP contribution >= 0.6 is 0 Å².